The molecule has 2 nitrogen and oxygen atoms in total. The van der Waals surface area contributed by atoms with E-state index in [1.807, 2.05) is 51.2 Å². The lowest BCUT2D eigenvalue weighted by atomic mass is 10.0. The quantitative estimate of drug-likeness (QED) is 0.846. The van der Waals surface area contributed by atoms with Crippen molar-refractivity contribution in [3.05, 3.63) is 59.4 Å². The van der Waals surface area contributed by atoms with E-state index in [9.17, 15) is 4.39 Å². The van der Waals surface area contributed by atoms with Gasteiger partial charge in [-0.3, -0.25) is 0 Å². The summed E-state index contributed by atoms with van der Waals surface area (Å²) < 4.78 is 13.8. The topological polar surface area (TPSA) is 29.3 Å². The molecule has 2 aromatic rings. The monoisotopic (exact) mass is 258 g/mol. The van der Waals surface area contributed by atoms with Crippen LogP contribution in [0.2, 0.25) is 0 Å². The lowest BCUT2D eigenvalue weighted by molar-refractivity contribution is 0.585. The van der Waals surface area contributed by atoms with E-state index in [4.69, 9.17) is 5.73 Å². The van der Waals surface area contributed by atoms with Crippen LogP contribution in [0.4, 0.5) is 15.8 Å². The second kappa shape index (κ2) is 5.31. The molecule has 0 aromatic heterocycles. The molecule has 0 fully saturated rings. The summed E-state index contributed by atoms with van der Waals surface area (Å²) in [5, 5.41) is 0. The minimum Gasteiger partial charge on any atom is -0.399 e. The number of aryl methyl sites for hydroxylation is 1. The number of anilines is 2. The van der Waals surface area contributed by atoms with Crippen LogP contribution in [0.1, 0.15) is 24.1 Å². The second-order valence-electron chi connectivity index (χ2n) is 4.85. The Hall–Kier alpha value is -2.03. The van der Waals surface area contributed by atoms with Gasteiger partial charge in [0.2, 0.25) is 0 Å². The van der Waals surface area contributed by atoms with Gasteiger partial charge in [-0.05, 0) is 43.7 Å². The average Bonchev–Trinajstić information content (AvgIpc) is 2.38. The van der Waals surface area contributed by atoms with Crippen molar-refractivity contribution in [2.75, 3.05) is 17.7 Å². The highest BCUT2D eigenvalue weighted by Crippen LogP contribution is 2.29. The fourth-order valence-electron chi connectivity index (χ4n) is 2.31. The van der Waals surface area contributed by atoms with Gasteiger partial charge in [0.15, 0.2) is 0 Å². The van der Waals surface area contributed by atoms with E-state index in [1.165, 1.54) is 6.07 Å². The SMILES string of the molecule is Cc1cc(N)ccc1N(C)C(C)c1ccccc1F. The molecule has 0 radical (unpaired) electrons. The minimum atomic E-state index is -0.171. The molecule has 2 rings (SSSR count). The highest BCUT2D eigenvalue weighted by Gasteiger charge is 2.16. The summed E-state index contributed by atoms with van der Waals surface area (Å²) in [4.78, 5) is 2.06. The molecule has 0 saturated heterocycles. The summed E-state index contributed by atoms with van der Waals surface area (Å²) >= 11 is 0. The van der Waals surface area contributed by atoms with Crippen LogP contribution in [-0.4, -0.2) is 7.05 Å². The van der Waals surface area contributed by atoms with Gasteiger partial charge in [-0.2, -0.15) is 0 Å². The van der Waals surface area contributed by atoms with E-state index in [0.717, 1.165) is 16.9 Å². The molecule has 1 atom stereocenters. The first kappa shape index (κ1) is 13.4. The van der Waals surface area contributed by atoms with Crippen LogP contribution in [0.5, 0.6) is 0 Å². The molecule has 0 aliphatic heterocycles. The van der Waals surface area contributed by atoms with Gasteiger partial charge in [0.25, 0.3) is 0 Å². The highest BCUT2D eigenvalue weighted by molar-refractivity contribution is 5.59. The molecule has 100 valence electrons. The van der Waals surface area contributed by atoms with E-state index in [1.54, 1.807) is 6.07 Å². The molecule has 2 aromatic carbocycles. The van der Waals surface area contributed by atoms with Crippen LogP contribution in [0, 0.1) is 12.7 Å². The minimum absolute atomic E-state index is 0.0384. The van der Waals surface area contributed by atoms with Crippen molar-refractivity contribution in [2.24, 2.45) is 0 Å². The third-order valence-corrected chi connectivity index (χ3v) is 3.54. The third-order valence-electron chi connectivity index (χ3n) is 3.54. The third kappa shape index (κ3) is 2.70. The predicted octanol–water partition coefficient (Wildman–Crippen LogP) is 3.91. The number of nitrogens with zero attached hydrogens (tertiary/aromatic N) is 1. The van der Waals surface area contributed by atoms with Gasteiger partial charge in [-0.1, -0.05) is 18.2 Å². The Bertz CT molecular complexity index is 581. The number of benzene rings is 2. The van der Waals surface area contributed by atoms with Crippen molar-refractivity contribution in [3.8, 4) is 0 Å². The molecule has 1 unspecified atom stereocenters. The standard InChI is InChI=1S/C16H19FN2/c1-11-10-13(18)8-9-16(11)19(3)12(2)14-6-4-5-7-15(14)17/h4-10,12H,18H2,1-3H3. The Morgan fingerprint density at radius 2 is 1.84 bits per heavy atom. The van der Waals surface area contributed by atoms with E-state index < -0.39 is 0 Å². The smallest absolute Gasteiger partial charge is 0.128 e. The van der Waals surface area contributed by atoms with Crippen LogP contribution < -0.4 is 10.6 Å². The molecule has 2 N–H and O–H groups in total. The zero-order valence-corrected chi connectivity index (χ0v) is 11.5. The van der Waals surface area contributed by atoms with Crippen molar-refractivity contribution in [2.45, 2.75) is 19.9 Å². The molecular formula is C16H19FN2. The second-order valence-corrected chi connectivity index (χ2v) is 4.85. The first-order valence-corrected chi connectivity index (χ1v) is 6.34. The lowest BCUT2D eigenvalue weighted by Gasteiger charge is -2.29. The van der Waals surface area contributed by atoms with Crippen LogP contribution in [0.15, 0.2) is 42.5 Å². The van der Waals surface area contributed by atoms with Gasteiger partial charge in [-0.25, -0.2) is 4.39 Å². The number of nitrogen functional groups attached to an aromatic ring is 1. The lowest BCUT2D eigenvalue weighted by Crippen LogP contribution is -2.23. The molecule has 0 heterocycles. The Morgan fingerprint density at radius 3 is 2.47 bits per heavy atom. The van der Waals surface area contributed by atoms with Crippen LogP contribution in [0.25, 0.3) is 0 Å². The summed E-state index contributed by atoms with van der Waals surface area (Å²) in [5.74, 6) is -0.171. The zero-order valence-electron chi connectivity index (χ0n) is 11.5. The van der Waals surface area contributed by atoms with E-state index in [2.05, 4.69) is 4.90 Å². The van der Waals surface area contributed by atoms with Crippen molar-refractivity contribution in [3.63, 3.8) is 0 Å². The summed E-state index contributed by atoms with van der Waals surface area (Å²) in [6.45, 7) is 4.00. The first-order valence-electron chi connectivity index (χ1n) is 6.34. The van der Waals surface area contributed by atoms with Gasteiger partial charge in [0.05, 0.1) is 6.04 Å². The Kier molecular flexibility index (Phi) is 3.74. The number of hydrogen-bond donors (Lipinski definition) is 1. The fourth-order valence-corrected chi connectivity index (χ4v) is 2.31. The highest BCUT2D eigenvalue weighted by atomic mass is 19.1. The van der Waals surface area contributed by atoms with Gasteiger partial charge in [0, 0.05) is 24.0 Å². The zero-order chi connectivity index (χ0) is 14.0. The van der Waals surface area contributed by atoms with Crippen molar-refractivity contribution >= 4 is 11.4 Å². The maximum absolute atomic E-state index is 13.8. The summed E-state index contributed by atoms with van der Waals surface area (Å²) in [5.41, 5.74) is 9.35. The van der Waals surface area contributed by atoms with Crippen LogP contribution in [-0.2, 0) is 0 Å². The summed E-state index contributed by atoms with van der Waals surface area (Å²) in [6.07, 6.45) is 0. The molecule has 0 aliphatic rings. The normalized spacial score (nSPS) is 12.2. The van der Waals surface area contributed by atoms with E-state index >= 15 is 0 Å². The maximum Gasteiger partial charge on any atom is 0.128 e. The maximum atomic E-state index is 13.8. The van der Waals surface area contributed by atoms with E-state index in [0.29, 0.717) is 5.56 Å². The van der Waals surface area contributed by atoms with Crippen molar-refractivity contribution in [1.82, 2.24) is 0 Å². The van der Waals surface area contributed by atoms with Gasteiger partial charge >= 0.3 is 0 Å². The fraction of sp³-hybridized carbons (Fsp3) is 0.250. The summed E-state index contributed by atoms with van der Waals surface area (Å²) in [7, 11) is 1.97. The van der Waals surface area contributed by atoms with Gasteiger partial charge in [0.1, 0.15) is 5.82 Å². The average molecular weight is 258 g/mol. The summed E-state index contributed by atoms with van der Waals surface area (Å²) in [6, 6.07) is 12.6. The van der Waals surface area contributed by atoms with Crippen molar-refractivity contribution in [1.29, 1.82) is 0 Å². The Labute approximate surface area is 113 Å². The number of halogens is 1. The van der Waals surface area contributed by atoms with Gasteiger partial charge < -0.3 is 10.6 Å². The first-order chi connectivity index (χ1) is 9.00. The van der Waals surface area contributed by atoms with E-state index in [-0.39, 0.29) is 11.9 Å². The molecule has 3 heteroatoms. The number of nitrogens with two attached hydrogens (primary N) is 1. The predicted molar refractivity (Wildman–Crippen MR) is 78.8 cm³/mol. The van der Waals surface area contributed by atoms with Gasteiger partial charge in [-0.15, -0.1) is 0 Å². The molecule has 0 bridgehead atoms. The molecule has 0 spiro atoms. The molecule has 0 saturated carbocycles. The Morgan fingerprint density at radius 1 is 1.16 bits per heavy atom. The molecule has 0 aliphatic carbocycles. The molecule has 19 heavy (non-hydrogen) atoms. The van der Waals surface area contributed by atoms with Crippen LogP contribution in [0.3, 0.4) is 0 Å². The largest absolute Gasteiger partial charge is 0.399 e. The molecular weight excluding hydrogens is 239 g/mol. The number of rotatable bonds is 3. The van der Waals surface area contributed by atoms with Crippen molar-refractivity contribution < 1.29 is 4.39 Å². The van der Waals surface area contributed by atoms with Crippen LogP contribution >= 0.6 is 0 Å². The Balaban J connectivity index is 2.33. The number of hydrogen-bond acceptors (Lipinski definition) is 2. The molecule has 0 amide bonds.